The predicted octanol–water partition coefficient (Wildman–Crippen LogP) is 2.49. The van der Waals surface area contributed by atoms with Crippen molar-refractivity contribution in [2.45, 2.75) is 32.4 Å². The average Bonchev–Trinajstić information content (AvgIpc) is 3.02. The van der Waals surface area contributed by atoms with Crippen LogP contribution in [-0.4, -0.2) is 40.1 Å². The van der Waals surface area contributed by atoms with E-state index in [1.807, 2.05) is 11.8 Å². The largest absolute Gasteiger partial charge is 0.417 e. The number of rotatable bonds is 4. The highest BCUT2D eigenvalue weighted by atomic mass is 19.4. The topological polar surface area (TPSA) is 62.5 Å². The molecule has 0 spiro atoms. The van der Waals surface area contributed by atoms with E-state index in [-0.39, 0.29) is 11.8 Å². The fraction of sp³-hybridized carbons (Fsp3) is 0.562. The maximum atomic E-state index is 12.9. The normalized spacial score (nSPS) is 16.4. The Balaban J connectivity index is 1.74. The van der Waals surface area contributed by atoms with Crippen LogP contribution in [0.1, 0.15) is 31.7 Å². The fourth-order valence-corrected chi connectivity index (χ4v) is 3.00. The van der Waals surface area contributed by atoms with E-state index in [0.717, 1.165) is 18.7 Å². The number of pyridine rings is 1. The molecule has 0 aromatic carbocycles. The summed E-state index contributed by atoms with van der Waals surface area (Å²) in [6.45, 7) is 3.77. The Morgan fingerprint density at radius 3 is 2.64 bits per heavy atom. The summed E-state index contributed by atoms with van der Waals surface area (Å²) < 4.78 is 40.1. The first-order valence-corrected chi connectivity index (χ1v) is 8.34. The summed E-state index contributed by atoms with van der Waals surface area (Å²) in [6, 6.07) is 2.31. The molecule has 0 saturated carbocycles. The molecular formula is C16H20F3N5O. The number of fused-ring (bicyclic) bond motifs is 1. The Bertz CT molecular complexity index is 750. The van der Waals surface area contributed by atoms with Crippen LogP contribution in [0.2, 0.25) is 0 Å². The van der Waals surface area contributed by atoms with E-state index >= 15 is 0 Å². The molecule has 1 saturated heterocycles. The number of hydrogen-bond acceptors (Lipinski definition) is 4. The number of carbonyl (C=O) groups excluding carboxylic acids is 1. The molecule has 1 aliphatic rings. The lowest BCUT2D eigenvalue weighted by molar-refractivity contribution is -0.137. The third-order valence-electron chi connectivity index (χ3n) is 4.41. The van der Waals surface area contributed by atoms with Crippen LogP contribution < -0.4 is 10.2 Å². The van der Waals surface area contributed by atoms with Crippen LogP contribution in [0.5, 0.6) is 0 Å². The Morgan fingerprint density at radius 2 is 2.00 bits per heavy atom. The second kappa shape index (κ2) is 6.89. The molecule has 0 unspecified atom stereocenters. The third kappa shape index (κ3) is 3.69. The van der Waals surface area contributed by atoms with Crippen molar-refractivity contribution >= 4 is 17.5 Å². The highest BCUT2D eigenvalue weighted by Crippen LogP contribution is 2.30. The smallest absolute Gasteiger partial charge is 0.356 e. The number of halogens is 3. The quantitative estimate of drug-likeness (QED) is 0.915. The maximum absolute atomic E-state index is 12.9. The van der Waals surface area contributed by atoms with Gasteiger partial charge < -0.3 is 10.2 Å². The van der Waals surface area contributed by atoms with Crippen molar-refractivity contribution in [2.75, 3.05) is 24.5 Å². The molecule has 6 nitrogen and oxygen atoms in total. The number of nitrogens with one attached hydrogen (secondary N) is 1. The van der Waals surface area contributed by atoms with Crippen molar-refractivity contribution in [3.05, 3.63) is 23.9 Å². The van der Waals surface area contributed by atoms with E-state index in [2.05, 4.69) is 15.5 Å². The van der Waals surface area contributed by atoms with Gasteiger partial charge in [0.15, 0.2) is 5.65 Å². The van der Waals surface area contributed by atoms with Crippen LogP contribution in [0.3, 0.4) is 0 Å². The Kier molecular flexibility index (Phi) is 4.82. The van der Waals surface area contributed by atoms with E-state index in [1.54, 1.807) is 0 Å². The van der Waals surface area contributed by atoms with E-state index in [4.69, 9.17) is 0 Å². The van der Waals surface area contributed by atoms with Crippen LogP contribution >= 0.6 is 0 Å². The van der Waals surface area contributed by atoms with Gasteiger partial charge in [0.2, 0.25) is 11.9 Å². The van der Waals surface area contributed by atoms with Crippen LogP contribution in [-0.2, 0) is 11.0 Å². The number of piperidine rings is 1. The number of alkyl halides is 3. The molecule has 25 heavy (non-hydrogen) atoms. The second-order valence-electron chi connectivity index (χ2n) is 6.20. The molecule has 1 fully saturated rings. The van der Waals surface area contributed by atoms with E-state index in [0.29, 0.717) is 44.1 Å². The number of carbonyl (C=O) groups is 1. The lowest BCUT2D eigenvalue weighted by Gasteiger charge is -2.31. The van der Waals surface area contributed by atoms with Gasteiger partial charge in [-0.1, -0.05) is 6.92 Å². The maximum Gasteiger partial charge on any atom is 0.417 e. The second-order valence-corrected chi connectivity index (χ2v) is 6.20. The third-order valence-corrected chi connectivity index (χ3v) is 4.41. The molecule has 0 atom stereocenters. The molecule has 3 rings (SSSR count). The van der Waals surface area contributed by atoms with Crippen molar-refractivity contribution in [1.29, 1.82) is 0 Å². The standard InChI is InChI=1S/C16H20F3N5O/c1-2-7-20-14(25)11-5-8-23(9-6-11)15-22-21-13-4-3-12(10-24(13)15)16(17,18)19/h3-4,10-11H,2,5-9H2,1H3,(H,20,25). The van der Waals surface area contributed by atoms with Gasteiger partial charge >= 0.3 is 6.18 Å². The molecule has 1 N–H and O–H groups in total. The first-order valence-electron chi connectivity index (χ1n) is 8.34. The summed E-state index contributed by atoms with van der Waals surface area (Å²) in [6.07, 6.45) is -1.23. The fourth-order valence-electron chi connectivity index (χ4n) is 3.00. The first-order chi connectivity index (χ1) is 11.9. The SMILES string of the molecule is CCCNC(=O)C1CCN(c2nnc3ccc(C(F)(F)F)cn23)CC1. The van der Waals surface area contributed by atoms with Gasteiger partial charge in [0.05, 0.1) is 5.56 Å². The first kappa shape index (κ1) is 17.5. The highest BCUT2D eigenvalue weighted by molar-refractivity contribution is 5.78. The van der Waals surface area contributed by atoms with E-state index in [9.17, 15) is 18.0 Å². The average molecular weight is 355 g/mol. The minimum absolute atomic E-state index is 0.0481. The van der Waals surface area contributed by atoms with Gasteiger partial charge in [-0.3, -0.25) is 9.20 Å². The highest BCUT2D eigenvalue weighted by Gasteiger charge is 2.32. The summed E-state index contributed by atoms with van der Waals surface area (Å²) in [4.78, 5) is 13.9. The van der Waals surface area contributed by atoms with Crippen LogP contribution in [0, 0.1) is 5.92 Å². The van der Waals surface area contributed by atoms with Gasteiger partial charge in [-0.25, -0.2) is 0 Å². The monoisotopic (exact) mass is 355 g/mol. The Morgan fingerprint density at radius 1 is 1.28 bits per heavy atom. The molecule has 136 valence electrons. The summed E-state index contributed by atoms with van der Waals surface area (Å²) in [5.41, 5.74) is -0.374. The van der Waals surface area contributed by atoms with Gasteiger partial charge in [-0.2, -0.15) is 13.2 Å². The van der Waals surface area contributed by atoms with Crippen molar-refractivity contribution in [2.24, 2.45) is 5.92 Å². The lowest BCUT2D eigenvalue weighted by atomic mass is 9.96. The Labute approximate surface area is 143 Å². The zero-order chi connectivity index (χ0) is 18.0. The summed E-state index contributed by atoms with van der Waals surface area (Å²) in [7, 11) is 0. The van der Waals surface area contributed by atoms with Crippen molar-refractivity contribution in [3.63, 3.8) is 0 Å². The molecule has 0 aliphatic carbocycles. The van der Waals surface area contributed by atoms with Crippen molar-refractivity contribution in [3.8, 4) is 0 Å². The molecular weight excluding hydrogens is 335 g/mol. The molecule has 1 aliphatic heterocycles. The van der Waals surface area contributed by atoms with Gasteiger partial charge in [0.1, 0.15) is 0 Å². The minimum Gasteiger partial charge on any atom is -0.356 e. The van der Waals surface area contributed by atoms with Crippen LogP contribution in [0.4, 0.5) is 19.1 Å². The summed E-state index contributed by atoms with van der Waals surface area (Å²) in [5, 5.41) is 10.9. The molecule has 3 heterocycles. The predicted molar refractivity (Wildman–Crippen MR) is 86.2 cm³/mol. The molecule has 1 amide bonds. The van der Waals surface area contributed by atoms with E-state index in [1.165, 1.54) is 10.5 Å². The number of amides is 1. The number of aromatic nitrogens is 3. The molecule has 2 aromatic rings. The zero-order valence-electron chi connectivity index (χ0n) is 13.9. The number of anilines is 1. The Hall–Kier alpha value is -2.32. The summed E-state index contributed by atoms with van der Waals surface area (Å²) >= 11 is 0. The van der Waals surface area contributed by atoms with Crippen molar-refractivity contribution < 1.29 is 18.0 Å². The lowest BCUT2D eigenvalue weighted by Crippen LogP contribution is -2.41. The van der Waals surface area contributed by atoms with Gasteiger partial charge in [-0.15, -0.1) is 10.2 Å². The number of nitrogens with zero attached hydrogens (tertiary/aromatic N) is 4. The molecule has 0 radical (unpaired) electrons. The zero-order valence-corrected chi connectivity index (χ0v) is 13.9. The molecule has 0 bridgehead atoms. The number of hydrogen-bond donors (Lipinski definition) is 1. The van der Waals surface area contributed by atoms with Gasteiger partial charge in [0, 0.05) is 31.7 Å². The molecule has 9 heteroatoms. The molecule has 2 aromatic heterocycles. The van der Waals surface area contributed by atoms with Gasteiger partial charge in [0.25, 0.3) is 0 Å². The van der Waals surface area contributed by atoms with Gasteiger partial charge in [-0.05, 0) is 31.4 Å². The van der Waals surface area contributed by atoms with Crippen LogP contribution in [0.25, 0.3) is 5.65 Å². The van der Waals surface area contributed by atoms with Crippen LogP contribution in [0.15, 0.2) is 18.3 Å². The van der Waals surface area contributed by atoms with Crippen molar-refractivity contribution in [1.82, 2.24) is 19.9 Å². The van der Waals surface area contributed by atoms with E-state index < -0.39 is 11.7 Å². The summed E-state index contributed by atoms with van der Waals surface area (Å²) in [5.74, 6) is 0.369. The minimum atomic E-state index is -4.42.